The largest absolute Gasteiger partial charge is 0.399 e. The average molecular weight is 428 g/mol. The fraction of sp³-hybridized carbons (Fsp3) is 0. The summed E-state index contributed by atoms with van der Waals surface area (Å²) >= 11 is 0. The Morgan fingerprint density at radius 3 is 0.939 bits per heavy atom. The molecule has 3 nitrogen and oxygen atoms in total. The minimum absolute atomic E-state index is 0.728. The highest BCUT2D eigenvalue weighted by Crippen LogP contribution is 2.33. The molecule has 0 aliphatic carbocycles. The van der Waals surface area contributed by atoms with Gasteiger partial charge in [0, 0.05) is 17.1 Å². The Hall–Kier alpha value is -4.50. The molecule has 0 heterocycles. The van der Waals surface area contributed by atoms with E-state index in [1.54, 1.807) is 0 Å². The molecule has 0 aliphatic rings. The van der Waals surface area contributed by atoms with Gasteiger partial charge >= 0.3 is 0 Å². The minimum atomic E-state index is 0.728. The second-order valence-corrected chi connectivity index (χ2v) is 8.26. The van der Waals surface area contributed by atoms with Crippen molar-refractivity contribution in [2.75, 3.05) is 17.2 Å². The van der Waals surface area contributed by atoms with Gasteiger partial charge in [0.25, 0.3) is 0 Å². The highest BCUT2D eigenvalue weighted by atomic mass is 14.5. The molecular formula is C30H25N3. The van der Waals surface area contributed by atoms with Crippen molar-refractivity contribution < 1.29 is 0 Å². The van der Waals surface area contributed by atoms with E-state index in [-0.39, 0.29) is 0 Å². The van der Waals surface area contributed by atoms with Gasteiger partial charge in [-0.2, -0.15) is 0 Å². The third kappa shape index (κ3) is 4.43. The van der Waals surface area contributed by atoms with Crippen LogP contribution in [0.15, 0.2) is 115 Å². The van der Waals surface area contributed by atoms with E-state index in [1.807, 2.05) is 48.5 Å². The summed E-state index contributed by atoms with van der Waals surface area (Å²) in [5.74, 6) is 0. The van der Waals surface area contributed by atoms with Crippen molar-refractivity contribution in [3.8, 4) is 44.5 Å². The molecule has 0 unspecified atom stereocenters. The number of nitrogen functional groups attached to an aromatic ring is 3. The molecule has 0 aromatic heterocycles. The Labute approximate surface area is 194 Å². The third-order valence-corrected chi connectivity index (χ3v) is 5.79. The van der Waals surface area contributed by atoms with E-state index in [9.17, 15) is 0 Å². The van der Waals surface area contributed by atoms with Gasteiger partial charge in [-0.3, -0.25) is 0 Å². The number of hydrogen-bond donors (Lipinski definition) is 3. The van der Waals surface area contributed by atoms with Crippen molar-refractivity contribution in [3.05, 3.63) is 115 Å². The van der Waals surface area contributed by atoms with Gasteiger partial charge in [-0.05, 0) is 99.1 Å². The van der Waals surface area contributed by atoms with E-state index in [4.69, 9.17) is 17.2 Å². The van der Waals surface area contributed by atoms with Gasteiger partial charge in [0.15, 0.2) is 0 Å². The fourth-order valence-corrected chi connectivity index (χ4v) is 4.18. The monoisotopic (exact) mass is 427 g/mol. The number of nitrogens with two attached hydrogens (primary N) is 3. The van der Waals surface area contributed by atoms with Crippen LogP contribution in [0.25, 0.3) is 44.5 Å². The summed E-state index contributed by atoms with van der Waals surface area (Å²) in [7, 11) is 0. The lowest BCUT2D eigenvalue weighted by Crippen LogP contribution is -1.90. The van der Waals surface area contributed by atoms with E-state index < -0.39 is 0 Å². The summed E-state index contributed by atoms with van der Waals surface area (Å²) in [4.78, 5) is 0. The van der Waals surface area contributed by atoms with Crippen LogP contribution in [0.4, 0.5) is 17.1 Å². The summed E-state index contributed by atoms with van der Waals surface area (Å²) in [5, 5.41) is 0. The molecule has 3 heteroatoms. The molecule has 0 spiro atoms. The Morgan fingerprint density at radius 2 is 0.545 bits per heavy atom. The van der Waals surface area contributed by atoms with E-state index in [0.29, 0.717) is 0 Å². The summed E-state index contributed by atoms with van der Waals surface area (Å²) in [6.07, 6.45) is 0. The standard InChI is InChI=1S/C30H25N3/c31-28-11-3-9-24(16-28)20-5-1-7-22(13-20)26-15-27(19-30(33)18-26)23-8-2-6-21(14-23)25-10-4-12-29(32)17-25/h1-19H,31-33H2. The lowest BCUT2D eigenvalue weighted by molar-refractivity contribution is 1.56. The van der Waals surface area contributed by atoms with E-state index in [0.717, 1.165) is 61.6 Å². The highest BCUT2D eigenvalue weighted by Gasteiger charge is 2.08. The van der Waals surface area contributed by atoms with Gasteiger partial charge in [-0.25, -0.2) is 0 Å². The second-order valence-electron chi connectivity index (χ2n) is 8.26. The van der Waals surface area contributed by atoms with Gasteiger partial charge in [-0.15, -0.1) is 0 Å². The second kappa shape index (κ2) is 8.56. The van der Waals surface area contributed by atoms with Gasteiger partial charge in [0.1, 0.15) is 0 Å². The molecule has 0 aliphatic heterocycles. The lowest BCUT2D eigenvalue weighted by Gasteiger charge is -2.11. The van der Waals surface area contributed by atoms with Crippen LogP contribution in [-0.4, -0.2) is 0 Å². The lowest BCUT2D eigenvalue weighted by atomic mass is 9.94. The zero-order chi connectivity index (χ0) is 22.8. The fourth-order valence-electron chi connectivity index (χ4n) is 4.18. The first-order chi connectivity index (χ1) is 16.0. The van der Waals surface area contributed by atoms with Crippen LogP contribution in [0.5, 0.6) is 0 Å². The molecule has 0 radical (unpaired) electrons. The van der Waals surface area contributed by atoms with Crippen molar-refractivity contribution in [1.82, 2.24) is 0 Å². The molecule has 33 heavy (non-hydrogen) atoms. The van der Waals surface area contributed by atoms with Crippen LogP contribution in [0.3, 0.4) is 0 Å². The summed E-state index contributed by atoms with van der Waals surface area (Å²) in [6, 6.07) is 39.0. The molecule has 6 N–H and O–H groups in total. The van der Waals surface area contributed by atoms with Crippen molar-refractivity contribution in [2.45, 2.75) is 0 Å². The van der Waals surface area contributed by atoms with Crippen molar-refractivity contribution in [2.24, 2.45) is 0 Å². The normalized spacial score (nSPS) is 10.8. The molecule has 5 aromatic carbocycles. The molecule has 0 saturated carbocycles. The molecule has 5 aromatic rings. The Kier molecular flexibility index (Phi) is 5.29. The van der Waals surface area contributed by atoms with Gasteiger partial charge in [0.05, 0.1) is 0 Å². The average Bonchev–Trinajstić information content (AvgIpc) is 2.84. The maximum absolute atomic E-state index is 6.34. The quantitative estimate of drug-likeness (QED) is 0.268. The number of anilines is 3. The maximum Gasteiger partial charge on any atom is 0.0326 e. The molecule has 0 amide bonds. The first-order valence-electron chi connectivity index (χ1n) is 10.9. The van der Waals surface area contributed by atoms with Crippen molar-refractivity contribution in [3.63, 3.8) is 0 Å². The summed E-state index contributed by atoms with van der Waals surface area (Å²) in [6.45, 7) is 0. The number of benzene rings is 5. The maximum atomic E-state index is 6.34. The predicted molar refractivity (Wildman–Crippen MR) is 141 cm³/mol. The van der Waals surface area contributed by atoms with Crippen LogP contribution >= 0.6 is 0 Å². The van der Waals surface area contributed by atoms with Crippen LogP contribution in [0.2, 0.25) is 0 Å². The first kappa shape index (κ1) is 20.4. The van der Waals surface area contributed by atoms with Crippen LogP contribution in [0, 0.1) is 0 Å². The molecule has 5 rings (SSSR count). The smallest absolute Gasteiger partial charge is 0.0326 e. The summed E-state index contributed by atoms with van der Waals surface area (Å²) < 4.78 is 0. The molecule has 160 valence electrons. The SMILES string of the molecule is Nc1cccc(-c2cccc(-c3cc(N)cc(-c4cccc(-c5cccc(N)c5)c4)c3)c2)c1. The molecule has 0 atom stereocenters. The highest BCUT2D eigenvalue weighted by molar-refractivity contribution is 5.82. The number of hydrogen-bond acceptors (Lipinski definition) is 3. The van der Waals surface area contributed by atoms with Gasteiger partial charge in [-0.1, -0.05) is 60.7 Å². The Balaban J connectivity index is 1.55. The van der Waals surface area contributed by atoms with Crippen molar-refractivity contribution >= 4 is 17.1 Å². The molecule has 0 bridgehead atoms. The zero-order valence-electron chi connectivity index (χ0n) is 18.2. The Morgan fingerprint density at radius 1 is 0.273 bits per heavy atom. The van der Waals surface area contributed by atoms with Gasteiger partial charge < -0.3 is 17.2 Å². The van der Waals surface area contributed by atoms with E-state index in [1.165, 1.54) is 0 Å². The minimum Gasteiger partial charge on any atom is -0.399 e. The molecular weight excluding hydrogens is 402 g/mol. The molecule has 0 fully saturated rings. The van der Waals surface area contributed by atoms with Crippen molar-refractivity contribution in [1.29, 1.82) is 0 Å². The van der Waals surface area contributed by atoms with Gasteiger partial charge in [0.2, 0.25) is 0 Å². The Bertz CT molecular complexity index is 1350. The van der Waals surface area contributed by atoms with Crippen LogP contribution in [-0.2, 0) is 0 Å². The van der Waals surface area contributed by atoms with Crippen LogP contribution in [0.1, 0.15) is 0 Å². The number of rotatable bonds is 4. The summed E-state index contributed by atoms with van der Waals surface area (Å²) in [5.41, 5.74) is 29.3. The molecule has 0 saturated heterocycles. The first-order valence-corrected chi connectivity index (χ1v) is 10.9. The van der Waals surface area contributed by atoms with E-state index in [2.05, 4.69) is 66.7 Å². The topological polar surface area (TPSA) is 78.1 Å². The van der Waals surface area contributed by atoms with E-state index >= 15 is 0 Å². The third-order valence-electron chi connectivity index (χ3n) is 5.79. The zero-order valence-corrected chi connectivity index (χ0v) is 18.2. The van der Waals surface area contributed by atoms with Crippen LogP contribution < -0.4 is 17.2 Å². The predicted octanol–water partition coefficient (Wildman–Crippen LogP) is 7.10.